The van der Waals surface area contributed by atoms with Crippen molar-refractivity contribution >= 4 is 5.97 Å². The maximum absolute atomic E-state index is 12.0. The molecule has 116 valence electrons. The van der Waals surface area contributed by atoms with E-state index in [0.717, 1.165) is 32.4 Å². The summed E-state index contributed by atoms with van der Waals surface area (Å²) in [5.41, 5.74) is 3.26. The SMILES string of the molecule is CCCCCCCCOC(=O)c1ccc2c(c1)CNCC2. The molecule has 0 unspecified atom stereocenters. The first-order chi connectivity index (χ1) is 10.3. The van der Waals surface area contributed by atoms with Crippen molar-refractivity contribution in [3.63, 3.8) is 0 Å². The average molecular weight is 289 g/mol. The number of hydrogen-bond donors (Lipinski definition) is 1. The molecular formula is C18H27NO2. The summed E-state index contributed by atoms with van der Waals surface area (Å²) in [6.07, 6.45) is 8.29. The highest BCUT2D eigenvalue weighted by Gasteiger charge is 2.13. The fraction of sp³-hybridized carbons (Fsp3) is 0.611. The molecule has 0 fully saturated rings. The Labute approximate surface area is 128 Å². The molecular weight excluding hydrogens is 262 g/mol. The molecule has 0 spiro atoms. The Morgan fingerprint density at radius 1 is 1.14 bits per heavy atom. The zero-order chi connectivity index (χ0) is 14.9. The van der Waals surface area contributed by atoms with E-state index in [2.05, 4.69) is 18.3 Å². The zero-order valence-corrected chi connectivity index (χ0v) is 13.1. The molecule has 0 aliphatic carbocycles. The summed E-state index contributed by atoms with van der Waals surface area (Å²) in [5, 5.41) is 3.33. The van der Waals surface area contributed by atoms with E-state index in [1.807, 2.05) is 12.1 Å². The number of unbranched alkanes of at least 4 members (excludes halogenated alkanes) is 5. The molecule has 0 radical (unpaired) electrons. The van der Waals surface area contributed by atoms with Crippen molar-refractivity contribution in [3.8, 4) is 0 Å². The van der Waals surface area contributed by atoms with Gasteiger partial charge in [-0.25, -0.2) is 4.79 Å². The molecule has 1 aliphatic rings. The fourth-order valence-corrected chi connectivity index (χ4v) is 2.74. The fourth-order valence-electron chi connectivity index (χ4n) is 2.74. The molecule has 2 rings (SSSR count). The van der Waals surface area contributed by atoms with Crippen LogP contribution in [-0.4, -0.2) is 19.1 Å². The van der Waals surface area contributed by atoms with Crippen LogP contribution in [0.25, 0.3) is 0 Å². The topological polar surface area (TPSA) is 38.3 Å². The summed E-state index contributed by atoms with van der Waals surface area (Å²) in [4.78, 5) is 12.0. The summed E-state index contributed by atoms with van der Waals surface area (Å²) in [7, 11) is 0. The lowest BCUT2D eigenvalue weighted by atomic mass is 9.99. The van der Waals surface area contributed by atoms with Crippen molar-refractivity contribution in [2.45, 2.75) is 58.4 Å². The second-order valence-corrected chi connectivity index (χ2v) is 5.81. The Hall–Kier alpha value is -1.35. The molecule has 1 aromatic carbocycles. The molecule has 0 bridgehead atoms. The summed E-state index contributed by atoms with van der Waals surface area (Å²) in [6, 6.07) is 5.94. The van der Waals surface area contributed by atoms with Crippen LogP contribution >= 0.6 is 0 Å². The molecule has 1 heterocycles. The van der Waals surface area contributed by atoms with Gasteiger partial charge in [0.05, 0.1) is 12.2 Å². The van der Waals surface area contributed by atoms with E-state index in [1.165, 1.54) is 36.8 Å². The van der Waals surface area contributed by atoms with Gasteiger partial charge in [0.25, 0.3) is 0 Å². The van der Waals surface area contributed by atoms with Crippen molar-refractivity contribution in [2.24, 2.45) is 0 Å². The lowest BCUT2D eigenvalue weighted by Crippen LogP contribution is -2.24. The molecule has 3 heteroatoms. The van der Waals surface area contributed by atoms with Crippen molar-refractivity contribution in [3.05, 3.63) is 34.9 Å². The maximum atomic E-state index is 12.0. The van der Waals surface area contributed by atoms with Crippen molar-refractivity contribution in [1.29, 1.82) is 0 Å². The highest BCUT2D eigenvalue weighted by Crippen LogP contribution is 2.16. The summed E-state index contributed by atoms with van der Waals surface area (Å²) >= 11 is 0. The van der Waals surface area contributed by atoms with E-state index >= 15 is 0 Å². The summed E-state index contributed by atoms with van der Waals surface area (Å²) in [6.45, 7) is 4.64. The minimum absolute atomic E-state index is 0.183. The average Bonchev–Trinajstić information content (AvgIpc) is 2.53. The smallest absolute Gasteiger partial charge is 0.338 e. The van der Waals surface area contributed by atoms with E-state index in [0.29, 0.717) is 12.2 Å². The number of benzene rings is 1. The normalized spacial score (nSPS) is 13.8. The number of rotatable bonds is 8. The van der Waals surface area contributed by atoms with Crippen LogP contribution < -0.4 is 5.32 Å². The summed E-state index contributed by atoms with van der Waals surface area (Å²) in [5.74, 6) is -0.183. The first kappa shape index (κ1) is 16.0. The Morgan fingerprint density at radius 2 is 1.95 bits per heavy atom. The standard InChI is InChI=1S/C18H27NO2/c1-2-3-4-5-6-7-12-21-18(20)16-9-8-15-10-11-19-14-17(15)13-16/h8-9,13,19H,2-7,10-12,14H2,1H3. The van der Waals surface area contributed by atoms with Crippen LogP contribution in [0.5, 0.6) is 0 Å². The Kier molecular flexibility index (Phi) is 6.74. The Balaban J connectivity index is 1.71. The molecule has 0 amide bonds. The number of carbonyl (C=O) groups excluding carboxylic acids is 1. The second kappa shape index (κ2) is 8.83. The van der Waals surface area contributed by atoms with Gasteiger partial charge in [-0.3, -0.25) is 0 Å². The van der Waals surface area contributed by atoms with E-state index in [4.69, 9.17) is 4.74 Å². The minimum Gasteiger partial charge on any atom is -0.462 e. The van der Waals surface area contributed by atoms with Crippen molar-refractivity contribution in [1.82, 2.24) is 5.32 Å². The predicted molar refractivity (Wildman–Crippen MR) is 85.5 cm³/mol. The van der Waals surface area contributed by atoms with E-state index in [1.54, 1.807) is 0 Å². The van der Waals surface area contributed by atoms with E-state index in [-0.39, 0.29) is 5.97 Å². The predicted octanol–water partition coefficient (Wildman–Crippen LogP) is 3.85. The van der Waals surface area contributed by atoms with Gasteiger partial charge in [-0.2, -0.15) is 0 Å². The highest BCUT2D eigenvalue weighted by atomic mass is 16.5. The minimum atomic E-state index is -0.183. The number of carbonyl (C=O) groups is 1. The van der Waals surface area contributed by atoms with Gasteiger partial charge in [0.15, 0.2) is 0 Å². The quantitative estimate of drug-likeness (QED) is 0.583. The van der Waals surface area contributed by atoms with Gasteiger partial charge in [-0.05, 0) is 42.6 Å². The van der Waals surface area contributed by atoms with Crippen LogP contribution in [-0.2, 0) is 17.7 Å². The number of hydrogen-bond acceptors (Lipinski definition) is 3. The zero-order valence-electron chi connectivity index (χ0n) is 13.1. The molecule has 1 aromatic rings. The molecule has 0 atom stereocenters. The third-order valence-electron chi connectivity index (χ3n) is 4.06. The van der Waals surface area contributed by atoms with Crippen LogP contribution in [0.1, 0.15) is 66.9 Å². The Bertz CT molecular complexity index is 457. The number of fused-ring (bicyclic) bond motifs is 1. The molecule has 3 nitrogen and oxygen atoms in total. The Morgan fingerprint density at radius 3 is 2.81 bits per heavy atom. The van der Waals surface area contributed by atoms with Crippen molar-refractivity contribution in [2.75, 3.05) is 13.2 Å². The van der Waals surface area contributed by atoms with Gasteiger partial charge >= 0.3 is 5.97 Å². The van der Waals surface area contributed by atoms with Gasteiger partial charge in [0, 0.05) is 6.54 Å². The molecule has 1 aliphatic heterocycles. The maximum Gasteiger partial charge on any atom is 0.338 e. The molecule has 0 saturated heterocycles. The number of ether oxygens (including phenoxy) is 1. The van der Waals surface area contributed by atoms with Crippen molar-refractivity contribution < 1.29 is 9.53 Å². The van der Waals surface area contributed by atoms with E-state index in [9.17, 15) is 4.79 Å². The largest absolute Gasteiger partial charge is 0.462 e. The number of esters is 1. The third kappa shape index (κ3) is 5.16. The lowest BCUT2D eigenvalue weighted by molar-refractivity contribution is 0.0497. The number of nitrogens with one attached hydrogen (secondary N) is 1. The van der Waals surface area contributed by atoms with Gasteiger partial charge in [-0.1, -0.05) is 45.1 Å². The molecule has 0 saturated carbocycles. The van der Waals surface area contributed by atoms with Gasteiger partial charge in [0.1, 0.15) is 0 Å². The lowest BCUT2D eigenvalue weighted by Gasteiger charge is -2.17. The molecule has 0 aromatic heterocycles. The molecule has 1 N–H and O–H groups in total. The van der Waals surface area contributed by atoms with Gasteiger partial charge in [0.2, 0.25) is 0 Å². The van der Waals surface area contributed by atoms with Crippen LogP contribution in [0.15, 0.2) is 18.2 Å². The highest BCUT2D eigenvalue weighted by molar-refractivity contribution is 5.89. The van der Waals surface area contributed by atoms with Gasteiger partial charge in [-0.15, -0.1) is 0 Å². The second-order valence-electron chi connectivity index (χ2n) is 5.81. The van der Waals surface area contributed by atoms with E-state index < -0.39 is 0 Å². The first-order valence-electron chi connectivity index (χ1n) is 8.31. The van der Waals surface area contributed by atoms with Crippen LogP contribution in [0.2, 0.25) is 0 Å². The van der Waals surface area contributed by atoms with Crippen LogP contribution in [0.3, 0.4) is 0 Å². The van der Waals surface area contributed by atoms with Gasteiger partial charge < -0.3 is 10.1 Å². The summed E-state index contributed by atoms with van der Waals surface area (Å²) < 4.78 is 5.37. The molecule has 21 heavy (non-hydrogen) atoms. The first-order valence-corrected chi connectivity index (χ1v) is 8.31. The van der Waals surface area contributed by atoms with Crippen LogP contribution in [0.4, 0.5) is 0 Å². The monoisotopic (exact) mass is 289 g/mol. The van der Waals surface area contributed by atoms with Crippen LogP contribution in [0, 0.1) is 0 Å². The third-order valence-corrected chi connectivity index (χ3v) is 4.06.